The molecule has 1 aliphatic heterocycles. The van der Waals surface area contributed by atoms with Gasteiger partial charge in [-0.15, -0.1) is 0 Å². The van der Waals surface area contributed by atoms with Crippen molar-refractivity contribution in [2.75, 3.05) is 13.1 Å². The van der Waals surface area contributed by atoms with Crippen LogP contribution in [0.2, 0.25) is 5.02 Å². The van der Waals surface area contributed by atoms with E-state index in [9.17, 15) is 18.4 Å². The first-order chi connectivity index (χ1) is 13.4. The fraction of sp³-hybridized carbons (Fsp3) is 0.421. The molecule has 4 rings (SSSR count). The highest BCUT2D eigenvalue weighted by Crippen LogP contribution is 2.32. The van der Waals surface area contributed by atoms with Crippen molar-refractivity contribution in [2.24, 2.45) is 5.92 Å². The van der Waals surface area contributed by atoms with E-state index in [0.29, 0.717) is 29.8 Å². The van der Waals surface area contributed by atoms with Gasteiger partial charge < -0.3 is 15.0 Å². The van der Waals surface area contributed by atoms with E-state index in [4.69, 9.17) is 11.6 Å². The van der Waals surface area contributed by atoms with Crippen LogP contribution < -0.4 is 10.1 Å². The molecule has 1 atom stereocenters. The molecular formula is C19H20ClF2N3O3. The minimum atomic E-state index is -3.00. The number of carbonyl (C=O) groups is 2. The SMILES string of the molecule is O=C(N[C@H]1CCN(CC2CC2)C1=O)c1cnc2cc(OC(F)F)c(Cl)cc2c1.[HH]. The second kappa shape index (κ2) is 7.50. The average Bonchev–Trinajstić information content (AvgIpc) is 3.41. The third-order valence-corrected chi connectivity index (χ3v) is 5.29. The number of nitrogens with one attached hydrogen (secondary N) is 1. The van der Waals surface area contributed by atoms with E-state index in [-0.39, 0.29) is 23.7 Å². The Bertz CT molecular complexity index is 942. The summed E-state index contributed by atoms with van der Waals surface area (Å²) < 4.78 is 29.2. The number of ether oxygens (including phenoxy) is 1. The maximum absolute atomic E-state index is 12.5. The molecule has 2 fully saturated rings. The predicted octanol–water partition coefficient (Wildman–Crippen LogP) is 3.48. The Hall–Kier alpha value is -2.48. The number of pyridine rings is 1. The van der Waals surface area contributed by atoms with Gasteiger partial charge in [0.15, 0.2) is 0 Å². The first kappa shape index (κ1) is 18.9. The van der Waals surface area contributed by atoms with Crippen LogP contribution in [0.5, 0.6) is 5.75 Å². The number of hydrogen-bond acceptors (Lipinski definition) is 4. The highest BCUT2D eigenvalue weighted by molar-refractivity contribution is 6.32. The van der Waals surface area contributed by atoms with E-state index in [1.165, 1.54) is 18.3 Å². The molecule has 2 amide bonds. The molecule has 6 nitrogen and oxygen atoms in total. The molecule has 0 unspecified atom stereocenters. The largest absolute Gasteiger partial charge is 0.433 e. The fourth-order valence-electron chi connectivity index (χ4n) is 3.35. The Morgan fingerprint density at radius 2 is 2.14 bits per heavy atom. The van der Waals surface area contributed by atoms with Crippen LogP contribution in [0, 0.1) is 5.92 Å². The zero-order chi connectivity index (χ0) is 19.8. The summed E-state index contributed by atoms with van der Waals surface area (Å²) in [5, 5.41) is 3.26. The molecule has 0 bridgehead atoms. The molecular weight excluding hydrogens is 392 g/mol. The molecule has 1 N–H and O–H groups in total. The second-order valence-corrected chi connectivity index (χ2v) is 7.53. The van der Waals surface area contributed by atoms with E-state index in [2.05, 4.69) is 15.0 Å². The average molecular weight is 412 g/mol. The lowest BCUT2D eigenvalue weighted by atomic mass is 10.1. The number of hydrogen-bond donors (Lipinski definition) is 1. The summed E-state index contributed by atoms with van der Waals surface area (Å²) >= 11 is 5.96. The van der Waals surface area contributed by atoms with Crippen LogP contribution in [-0.2, 0) is 4.79 Å². The number of halogens is 3. The highest BCUT2D eigenvalue weighted by atomic mass is 35.5. The number of carbonyl (C=O) groups excluding carboxylic acids is 2. The fourth-order valence-corrected chi connectivity index (χ4v) is 3.56. The first-order valence-electron chi connectivity index (χ1n) is 9.04. The van der Waals surface area contributed by atoms with Crippen molar-refractivity contribution in [2.45, 2.75) is 31.9 Å². The van der Waals surface area contributed by atoms with Crippen molar-refractivity contribution >= 4 is 34.3 Å². The van der Waals surface area contributed by atoms with E-state index >= 15 is 0 Å². The summed E-state index contributed by atoms with van der Waals surface area (Å²) in [7, 11) is 0. The molecule has 1 aromatic heterocycles. The zero-order valence-electron chi connectivity index (χ0n) is 14.8. The van der Waals surface area contributed by atoms with Gasteiger partial charge in [0.25, 0.3) is 5.91 Å². The van der Waals surface area contributed by atoms with Gasteiger partial charge in [-0.2, -0.15) is 8.78 Å². The minimum absolute atomic E-state index is 0. The standard InChI is InChI=1S/C19H18ClF2N3O3.H2/c20-13-6-11-5-12(8-23-15(11)7-16(13)28-19(21)22)17(26)24-14-3-4-25(18(14)27)9-10-1-2-10;/h5-8,10,14,19H,1-4,9H2,(H,24,26);1H/t14-;/m0./s1. The van der Waals surface area contributed by atoms with Crippen LogP contribution in [0.4, 0.5) is 8.78 Å². The van der Waals surface area contributed by atoms with Crippen LogP contribution in [0.3, 0.4) is 0 Å². The molecule has 0 radical (unpaired) electrons. The maximum Gasteiger partial charge on any atom is 0.387 e. The highest BCUT2D eigenvalue weighted by Gasteiger charge is 2.36. The van der Waals surface area contributed by atoms with Gasteiger partial charge in [-0.05, 0) is 37.3 Å². The van der Waals surface area contributed by atoms with E-state index in [1.54, 1.807) is 6.07 Å². The summed E-state index contributed by atoms with van der Waals surface area (Å²) in [6.45, 7) is -1.58. The van der Waals surface area contributed by atoms with Crippen LogP contribution in [0.25, 0.3) is 10.9 Å². The third kappa shape index (κ3) is 4.01. The predicted molar refractivity (Wildman–Crippen MR) is 101 cm³/mol. The Balaban J connectivity index is 0.00000240. The van der Waals surface area contributed by atoms with Gasteiger partial charge in [0, 0.05) is 32.2 Å². The Morgan fingerprint density at radius 3 is 2.86 bits per heavy atom. The van der Waals surface area contributed by atoms with Crippen molar-refractivity contribution in [1.29, 1.82) is 0 Å². The summed E-state index contributed by atoms with van der Waals surface area (Å²) in [5.41, 5.74) is 0.628. The lowest BCUT2D eigenvalue weighted by Crippen LogP contribution is -2.42. The Morgan fingerprint density at radius 1 is 1.36 bits per heavy atom. The van der Waals surface area contributed by atoms with Crippen molar-refractivity contribution < 1.29 is 24.5 Å². The second-order valence-electron chi connectivity index (χ2n) is 7.12. The molecule has 2 aliphatic rings. The molecule has 1 aliphatic carbocycles. The van der Waals surface area contributed by atoms with E-state index in [1.807, 2.05) is 4.90 Å². The number of benzene rings is 1. The van der Waals surface area contributed by atoms with Gasteiger partial charge in [-0.1, -0.05) is 11.6 Å². The molecule has 150 valence electrons. The Labute approximate surface area is 166 Å². The van der Waals surface area contributed by atoms with E-state index in [0.717, 1.165) is 19.4 Å². The Kier molecular flexibility index (Phi) is 5.05. The molecule has 2 aromatic rings. The van der Waals surface area contributed by atoms with Crippen molar-refractivity contribution in [3.63, 3.8) is 0 Å². The lowest BCUT2D eigenvalue weighted by Gasteiger charge is -2.16. The normalized spacial score (nSPS) is 19.5. The number of aromatic nitrogens is 1. The number of likely N-dealkylation sites (tertiary alicyclic amines) is 1. The molecule has 0 spiro atoms. The van der Waals surface area contributed by atoms with Crippen LogP contribution in [0.1, 0.15) is 31.0 Å². The van der Waals surface area contributed by atoms with Crippen LogP contribution in [-0.4, -0.2) is 47.4 Å². The molecule has 9 heteroatoms. The number of nitrogens with zero attached hydrogens (tertiary/aromatic N) is 2. The molecule has 1 saturated heterocycles. The van der Waals surface area contributed by atoms with Gasteiger partial charge in [0.1, 0.15) is 11.8 Å². The van der Waals surface area contributed by atoms with E-state index < -0.39 is 18.6 Å². The molecule has 2 heterocycles. The monoisotopic (exact) mass is 411 g/mol. The van der Waals surface area contributed by atoms with Gasteiger partial charge >= 0.3 is 6.61 Å². The van der Waals surface area contributed by atoms with Crippen LogP contribution >= 0.6 is 11.6 Å². The molecule has 1 aromatic carbocycles. The number of alkyl halides is 2. The molecule has 28 heavy (non-hydrogen) atoms. The number of amides is 2. The van der Waals surface area contributed by atoms with Gasteiger partial charge in [0.2, 0.25) is 5.91 Å². The molecule has 1 saturated carbocycles. The number of rotatable bonds is 6. The summed E-state index contributed by atoms with van der Waals surface area (Å²) in [5.74, 6) is -0.0381. The summed E-state index contributed by atoms with van der Waals surface area (Å²) in [4.78, 5) is 30.9. The minimum Gasteiger partial charge on any atom is -0.433 e. The van der Waals surface area contributed by atoms with Crippen molar-refractivity contribution in [3.05, 3.63) is 35.0 Å². The number of fused-ring (bicyclic) bond motifs is 1. The van der Waals surface area contributed by atoms with Crippen molar-refractivity contribution in [3.8, 4) is 5.75 Å². The van der Waals surface area contributed by atoms with Gasteiger partial charge in [0.05, 0.1) is 16.1 Å². The lowest BCUT2D eigenvalue weighted by molar-refractivity contribution is -0.129. The zero-order valence-corrected chi connectivity index (χ0v) is 15.6. The smallest absolute Gasteiger partial charge is 0.387 e. The maximum atomic E-state index is 12.5. The quantitative estimate of drug-likeness (QED) is 0.790. The van der Waals surface area contributed by atoms with Crippen molar-refractivity contribution in [1.82, 2.24) is 15.2 Å². The van der Waals surface area contributed by atoms with Gasteiger partial charge in [-0.25, -0.2) is 0 Å². The summed E-state index contributed by atoms with van der Waals surface area (Å²) in [6, 6.07) is 3.72. The third-order valence-electron chi connectivity index (χ3n) is 4.99. The van der Waals surface area contributed by atoms with Crippen LogP contribution in [0.15, 0.2) is 24.4 Å². The summed E-state index contributed by atoms with van der Waals surface area (Å²) in [6.07, 6.45) is 4.24. The van der Waals surface area contributed by atoms with Gasteiger partial charge in [-0.3, -0.25) is 14.6 Å². The topological polar surface area (TPSA) is 71.5 Å². The first-order valence-corrected chi connectivity index (χ1v) is 9.42.